The lowest BCUT2D eigenvalue weighted by molar-refractivity contribution is 0.168. The molecule has 2 unspecified atom stereocenters. The number of aliphatic hydroxyl groups is 1. The molecule has 0 saturated carbocycles. The number of nitrogens with one attached hydrogen (secondary N) is 1. The fourth-order valence-corrected chi connectivity index (χ4v) is 1.59. The monoisotopic (exact) mass is 283 g/mol. The highest BCUT2D eigenvalue weighted by Gasteiger charge is 2.08. The molecule has 0 aliphatic carbocycles. The third-order valence-electron chi connectivity index (χ3n) is 2.25. The Morgan fingerprint density at radius 3 is 2.81 bits per heavy atom. The number of nitrogens with two attached hydrogens (primary N) is 1. The molecule has 4 nitrogen and oxygen atoms in total. The molecule has 2 atom stereocenters. The Morgan fingerprint density at radius 2 is 2.31 bits per heavy atom. The van der Waals surface area contributed by atoms with Crippen molar-refractivity contribution in [2.24, 2.45) is 5.73 Å². The zero-order chi connectivity index (χ0) is 12.1. The summed E-state index contributed by atoms with van der Waals surface area (Å²) in [6, 6.07) is 7.09. The number of anilines is 1. The van der Waals surface area contributed by atoms with E-state index in [-0.39, 0.29) is 6.04 Å². The van der Waals surface area contributed by atoms with Gasteiger partial charge < -0.3 is 16.2 Å². The molecule has 5 heteroatoms. The standard InChI is InChI=1S/C11H14BrN3O/c1-7(16)11(14)6-15-9-3-2-8(5-13)10(12)4-9/h2-4,7,11,15-16H,6,14H2,1H3. The quantitative estimate of drug-likeness (QED) is 0.781. The fourth-order valence-electron chi connectivity index (χ4n) is 1.12. The second-order valence-electron chi connectivity index (χ2n) is 3.59. The summed E-state index contributed by atoms with van der Waals surface area (Å²) in [6.07, 6.45) is -0.547. The van der Waals surface area contributed by atoms with Gasteiger partial charge >= 0.3 is 0 Å². The maximum atomic E-state index is 9.22. The molecule has 1 aromatic carbocycles. The van der Waals surface area contributed by atoms with Gasteiger partial charge in [0.25, 0.3) is 0 Å². The van der Waals surface area contributed by atoms with Crippen LogP contribution in [0, 0.1) is 11.3 Å². The van der Waals surface area contributed by atoms with Gasteiger partial charge in [-0.15, -0.1) is 0 Å². The van der Waals surface area contributed by atoms with Crippen molar-refractivity contribution in [2.75, 3.05) is 11.9 Å². The number of halogens is 1. The number of hydrogen-bond donors (Lipinski definition) is 3. The first-order valence-electron chi connectivity index (χ1n) is 4.91. The molecule has 4 N–H and O–H groups in total. The summed E-state index contributed by atoms with van der Waals surface area (Å²) >= 11 is 3.30. The van der Waals surface area contributed by atoms with Crippen LogP contribution in [-0.2, 0) is 0 Å². The molecule has 0 fully saturated rings. The normalized spacial score (nSPS) is 13.9. The first kappa shape index (κ1) is 13.0. The van der Waals surface area contributed by atoms with E-state index in [1.165, 1.54) is 0 Å². The first-order valence-corrected chi connectivity index (χ1v) is 5.71. The van der Waals surface area contributed by atoms with Gasteiger partial charge in [-0.1, -0.05) is 0 Å². The fraction of sp³-hybridized carbons (Fsp3) is 0.364. The highest BCUT2D eigenvalue weighted by molar-refractivity contribution is 9.10. The average molecular weight is 284 g/mol. The summed E-state index contributed by atoms with van der Waals surface area (Å²) in [5, 5.41) is 21.1. The Hall–Kier alpha value is -1.09. The molecule has 16 heavy (non-hydrogen) atoms. The van der Waals surface area contributed by atoms with E-state index in [9.17, 15) is 5.11 Å². The minimum atomic E-state index is -0.547. The Kier molecular flexibility index (Phi) is 4.74. The highest BCUT2D eigenvalue weighted by atomic mass is 79.9. The minimum absolute atomic E-state index is 0.311. The molecule has 1 rings (SSSR count). The number of nitriles is 1. The molecule has 0 aliphatic rings. The van der Waals surface area contributed by atoms with Crippen molar-refractivity contribution in [1.82, 2.24) is 0 Å². The van der Waals surface area contributed by atoms with Crippen LogP contribution in [0.5, 0.6) is 0 Å². The number of aliphatic hydroxyl groups excluding tert-OH is 1. The minimum Gasteiger partial charge on any atom is -0.392 e. The van der Waals surface area contributed by atoms with Gasteiger partial charge in [0, 0.05) is 22.7 Å². The van der Waals surface area contributed by atoms with Crippen molar-refractivity contribution in [3.8, 4) is 6.07 Å². The van der Waals surface area contributed by atoms with Crippen LogP contribution in [0.4, 0.5) is 5.69 Å². The summed E-state index contributed by atoms with van der Waals surface area (Å²) < 4.78 is 0.741. The van der Waals surface area contributed by atoms with Gasteiger partial charge in [-0.3, -0.25) is 0 Å². The maximum Gasteiger partial charge on any atom is 0.100 e. The van der Waals surface area contributed by atoms with Gasteiger partial charge in [0.05, 0.1) is 11.7 Å². The zero-order valence-corrected chi connectivity index (χ0v) is 10.5. The van der Waals surface area contributed by atoms with Crippen molar-refractivity contribution in [2.45, 2.75) is 19.1 Å². The van der Waals surface area contributed by atoms with E-state index >= 15 is 0 Å². The molecular formula is C11H14BrN3O. The van der Waals surface area contributed by atoms with Gasteiger partial charge in [0.2, 0.25) is 0 Å². The van der Waals surface area contributed by atoms with Crippen LogP contribution in [0.25, 0.3) is 0 Å². The van der Waals surface area contributed by atoms with Crippen LogP contribution >= 0.6 is 15.9 Å². The number of nitrogens with zero attached hydrogens (tertiary/aromatic N) is 1. The largest absolute Gasteiger partial charge is 0.392 e. The maximum absolute atomic E-state index is 9.22. The lowest BCUT2D eigenvalue weighted by Crippen LogP contribution is -2.38. The lowest BCUT2D eigenvalue weighted by Gasteiger charge is -2.16. The number of rotatable bonds is 4. The van der Waals surface area contributed by atoms with Crippen molar-refractivity contribution >= 4 is 21.6 Å². The first-order chi connectivity index (χ1) is 7.54. The molecule has 0 heterocycles. The molecule has 0 bridgehead atoms. The molecule has 0 radical (unpaired) electrons. The van der Waals surface area contributed by atoms with E-state index < -0.39 is 6.10 Å². The zero-order valence-electron chi connectivity index (χ0n) is 8.94. The van der Waals surface area contributed by atoms with Gasteiger partial charge in [-0.25, -0.2) is 0 Å². The summed E-state index contributed by atoms with van der Waals surface area (Å²) in [6.45, 7) is 2.14. The summed E-state index contributed by atoms with van der Waals surface area (Å²) in [4.78, 5) is 0. The third-order valence-corrected chi connectivity index (χ3v) is 2.91. The van der Waals surface area contributed by atoms with Crippen molar-refractivity contribution in [3.05, 3.63) is 28.2 Å². The van der Waals surface area contributed by atoms with Gasteiger partial charge in [-0.05, 0) is 41.1 Å². The number of benzene rings is 1. The molecule has 0 spiro atoms. The van der Waals surface area contributed by atoms with Gasteiger partial charge in [0.1, 0.15) is 6.07 Å². The predicted molar refractivity (Wildman–Crippen MR) is 67.0 cm³/mol. The smallest absolute Gasteiger partial charge is 0.100 e. The van der Waals surface area contributed by atoms with Crippen LogP contribution in [0.15, 0.2) is 22.7 Å². The Labute approximate surface area is 103 Å². The van der Waals surface area contributed by atoms with Crippen molar-refractivity contribution < 1.29 is 5.11 Å². The molecule has 0 aliphatic heterocycles. The topological polar surface area (TPSA) is 82.1 Å². The second-order valence-corrected chi connectivity index (χ2v) is 4.45. The molecule has 0 amide bonds. The molecule has 86 valence electrons. The van der Waals surface area contributed by atoms with Crippen LogP contribution in [0.2, 0.25) is 0 Å². The van der Waals surface area contributed by atoms with E-state index in [1.807, 2.05) is 6.07 Å². The van der Waals surface area contributed by atoms with Crippen molar-refractivity contribution in [3.63, 3.8) is 0 Å². The van der Waals surface area contributed by atoms with Gasteiger partial charge in [-0.2, -0.15) is 5.26 Å². The van der Waals surface area contributed by atoms with Gasteiger partial charge in [0.15, 0.2) is 0 Å². The van der Waals surface area contributed by atoms with E-state index in [0.717, 1.165) is 10.2 Å². The van der Waals surface area contributed by atoms with E-state index in [4.69, 9.17) is 11.0 Å². The van der Waals surface area contributed by atoms with E-state index in [2.05, 4.69) is 27.3 Å². The number of hydrogen-bond acceptors (Lipinski definition) is 4. The highest BCUT2D eigenvalue weighted by Crippen LogP contribution is 2.20. The summed E-state index contributed by atoms with van der Waals surface area (Å²) in [5.41, 5.74) is 7.13. The SMILES string of the molecule is CC(O)C(N)CNc1ccc(C#N)c(Br)c1. The Balaban J connectivity index is 2.63. The third kappa shape index (κ3) is 3.49. The van der Waals surface area contributed by atoms with Crippen molar-refractivity contribution in [1.29, 1.82) is 5.26 Å². The Morgan fingerprint density at radius 1 is 1.62 bits per heavy atom. The lowest BCUT2D eigenvalue weighted by atomic mass is 10.2. The average Bonchev–Trinajstić information content (AvgIpc) is 2.25. The summed E-state index contributed by atoms with van der Waals surface area (Å²) in [7, 11) is 0. The van der Waals surface area contributed by atoms with E-state index in [1.54, 1.807) is 19.1 Å². The Bertz CT molecular complexity index is 401. The van der Waals surface area contributed by atoms with E-state index in [0.29, 0.717) is 12.1 Å². The molecule has 0 aromatic heterocycles. The second kappa shape index (κ2) is 5.85. The molecular weight excluding hydrogens is 270 g/mol. The van der Waals surface area contributed by atoms with Crippen LogP contribution < -0.4 is 11.1 Å². The molecule has 1 aromatic rings. The van der Waals surface area contributed by atoms with Crippen LogP contribution in [-0.4, -0.2) is 23.8 Å². The molecule has 0 saturated heterocycles. The van der Waals surface area contributed by atoms with Crippen LogP contribution in [0.1, 0.15) is 12.5 Å². The van der Waals surface area contributed by atoms with Crippen LogP contribution in [0.3, 0.4) is 0 Å². The predicted octanol–water partition coefficient (Wildman–Crippen LogP) is 1.44. The summed E-state index contributed by atoms with van der Waals surface area (Å²) in [5.74, 6) is 0.